The highest BCUT2D eigenvalue weighted by Gasteiger charge is 2.58. The molecule has 10 atom stereocenters. The fraction of sp³-hybridized carbons (Fsp3) is 0.882. The zero-order chi connectivity index (χ0) is 27.4. The van der Waals surface area contributed by atoms with Gasteiger partial charge in [-0.1, -0.05) is 0 Å². The van der Waals surface area contributed by atoms with E-state index in [0.717, 1.165) is 0 Å². The molecule has 0 bridgehead atoms. The molecule has 0 aromatic carbocycles. The second-order valence-electron chi connectivity index (χ2n) is 8.11. The highest BCUT2D eigenvalue weighted by atomic mass is 31.2. The maximum atomic E-state index is 12.1. The van der Waals surface area contributed by atoms with Gasteiger partial charge in [-0.25, -0.2) is 4.57 Å². The largest absolute Gasteiger partial charge is 0.526 e. The number of phosphoric acid groups is 1. The molecule has 0 radical (unpaired) electrons. The van der Waals surface area contributed by atoms with Crippen LogP contribution in [0.4, 0.5) is 0 Å². The predicted molar refractivity (Wildman–Crippen MR) is 108 cm³/mol. The monoisotopic (exact) mass is 551 g/mol. The van der Waals surface area contributed by atoms with Crippen molar-refractivity contribution in [2.24, 2.45) is 5.73 Å². The van der Waals surface area contributed by atoms with Gasteiger partial charge in [0.15, 0.2) is 6.29 Å². The molecule has 0 spiro atoms. The minimum absolute atomic E-state index is 0.429. The summed E-state index contributed by atoms with van der Waals surface area (Å²) in [6, 6.07) is -1.46. The summed E-state index contributed by atoms with van der Waals surface area (Å²) in [5.74, 6) is -4.85. The normalized spacial score (nSPS) is 37.9. The molecule has 0 aromatic heterocycles. The predicted octanol–water partition coefficient (Wildman–Crippen LogP) is -6.10. The van der Waals surface area contributed by atoms with E-state index in [-0.39, 0.29) is 0 Å². The Bertz CT molecular complexity index is 810. The number of ether oxygens (including phenoxy) is 4. The highest BCUT2D eigenvalue weighted by molar-refractivity contribution is 7.46. The summed E-state index contributed by atoms with van der Waals surface area (Å²) in [5, 5.41) is 69.6. The number of aliphatic hydroxyl groups is 7. The highest BCUT2D eigenvalue weighted by Crippen LogP contribution is 2.37. The summed E-state index contributed by atoms with van der Waals surface area (Å²) < 4.78 is 35.1. The van der Waals surface area contributed by atoms with Crippen LogP contribution in [0, 0.1) is 0 Å². The van der Waals surface area contributed by atoms with E-state index < -0.39 is 113 Å². The van der Waals surface area contributed by atoms with Crippen LogP contribution in [-0.4, -0.2) is 138 Å². The Morgan fingerprint density at radius 3 is 2.17 bits per heavy atom. The zero-order valence-electron chi connectivity index (χ0n) is 18.5. The van der Waals surface area contributed by atoms with Crippen molar-refractivity contribution in [2.45, 2.75) is 73.7 Å². The molecule has 2 fully saturated rings. The molecule has 0 aliphatic carbocycles. The Morgan fingerprint density at radius 1 is 1.00 bits per heavy atom. The van der Waals surface area contributed by atoms with E-state index in [0.29, 0.717) is 0 Å². The van der Waals surface area contributed by atoms with Crippen LogP contribution in [0.3, 0.4) is 0 Å². The average Bonchev–Trinajstić information content (AvgIpc) is 3.05. The van der Waals surface area contributed by atoms with Crippen molar-refractivity contribution in [3.8, 4) is 0 Å². The van der Waals surface area contributed by atoms with Gasteiger partial charge in [-0.3, -0.25) is 19.4 Å². The van der Waals surface area contributed by atoms with Crippen molar-refractivity contribution in [3.63, 3.8) is 0 Å². The lowest BCUT2D eigenvalue weighted by Gasteiger charge is -2.43. The summed E-state index contributed by atoms with van der Waals surface area (Å²) in [4.78, 5) is 40.5. The summed E-state index contributed by atoms with van der Waals surface area (Å²) >= 11 is 0. The Balaban J connectivity index is 1.98. The Labute approximate surface area is 202 Å². The van der Waals surface area contributed by atoms with E-state index in [1.54, 1.807) is 0 Å². The van der Waals surface area contributed by atoms with Gasteiger partial charge in [0.2, 0.25) is 5.79 Å². The molecule has 0 aromatic rings. The van der Waals surface area contributed by atoms with Crippen LogP contribution in [0.5, 0.6) is 0 Å². The van der Waals surface area contributed by atoms with Gasteiger partial charge >= 0.3 is 19.8 Å². The number of carbonyl (C=O) groups is 2. The van der Waals surface area contributed by atoms with E-state index >= 15 is 0 Å². The first-order valence-corrected chi connectivity index (χ1v) is 12.0. The van der Waals surface area contributed by atoms with Crippen molar-refractivity contribution < 1.29 is 83.2 Å². The van der Waals surface area contributed by atoms with Crippen molar-refractivity contribution in [1.82, 2.24) is 0 Å². The van der Waals surface area contributed by atoms with E-state index in [9.17, 15) is 49.9 Å². The topological polar surface area (TPSA) is 305 Å². The molecule has 2 rings (SSSR count). The minimum atomic E-state index is -5.07. The lowest BCUT2D eigenvalue weighted by molar-refractivity contribution is -0.383. The maximum absolute atomic E-state index is 12.1. The summed E-state index contributed by atoms with van der Waals surface area (Å²) in [7, 11) is -5.07. The number of phosphoric ester groups is 1. The van der Waals surface area contributed by atoms with Gasteiger partial charge in [-0.2, -0.15) is 0 Å². The molecule has 18 nitrogen and oxygen atoms in total. The van der Waals surface area contributed by atoms with Gasteiger partial charge in [-0.05, 0) is 6.42 Å². The molecule has 210 valence electrons. The number of rotatable bonds is 11. The van der Waals surface area contributed by atoms with Crippen LogP contribution in [0.25, 0.3) is 0 Å². The average molecular weight is 551 g/mol. The van der Waals surface area contributed by atoms with Gasteiger partial charge < -0.3 is 65.0 Å². The molecule has 0 unspecified atom stereocenters. The standard InChI is InChI=1S/C17H30NO17P/c18-6(1-2-9(21)35-36(28,29)30)15(27)31-4-8-10(22)12(24)13(25)16(32-8)34-17(5-20)14(26)11(23)7(3-19)33-17/h6-8,10-14,16,19-20,22-26H,1-5,18H2,(H2,28,29,30)/t6-,7+,8+,10+,11+,12-,13+,14-,16+,17-/m0/s1. The van der Waals surface area contributed by atoms with Crippen LogP contribution in [0.2, 0.25) is 0 Å². The van der Waals surface area contributed by atoms with Crippen molar-refractivity contribution in [3.05, 3.63) is 0 Å². The third kappa shape index (κ3) is 7.36. The second-order valence-corrected chi connectivity index (χ2v) is 9.27. The first-order valence-electron chi connectivity index (χ1n) is 10.5. The molecule has 2 heterocycles. The van der Waals surface area contributed by atoms with Gasteiger partial charge in [-0.15, -0.1) is 0 Å². The maximum Gasteiger partial charge on any atom is 0.526 e. The SMILES string of the molecule is N[C@@H](CCC(=O)OP(=O)(O)O)C(=O)OC[C@H]1O[C@H](O[C@]2(CO)O[C@H](CO)[C@@H](O)[C@@H]2O)[C@H](O)[C@@H](O)[C@@H]1O. The first kappa shape index (κ1) is 30.9. The van der Waals surface area contributed by atoms with Crippen molar-refractivity contribution in [1.29, 1.82) is 0 Å². The molecule has 0 saturated carbocycles. The number of esters is 1. The van der Waals surface area contributed by atoms with Gasteiger partial charge in [0.25, 0.3) is 0 Å². The quantitative estimate of drug-likeness (QED) is 0.0843. The molecule has 2 saturated heterocycles. The number of hydrogen-bond acceptors (Lipinski definition) is 16. The molecule has 2 aliphatic rings. The lowest BCUT2D eigenvalue weighted by Crippen LogP contribution is -2.63. The van der Waals surface area contributed by atoms with Crippen molar-refractivity contribution >= 4 is 19.8 Å². The minimum Gasteiger partial charge on any atom is -0.462 e. The third-order valence-corrected chi connectivity index (χ3v) is 5.90. The summed E-state index contributed by atoms with van der Waals surface area (Å²) in [5.41, 5.74) is 5.54. The van der Waals surface area contributed by atoms with E-state index in [2.05, 4.69) is 4.52 Å². The fourth-order valence-electron chi connectivity index (χ4n) is 3.46. The van der Waals surface area contributed by atoms with E-state index in [4.69, 9.17) is 34.5 Å². The second kappa shape index (κ2) is 12.5. The molecule has 11 N–H and O–H groups in total. The van der Waals surface area contributed by atoms with Crippen LogP contribution in [-0.2, 0) is 37.6 Å². The molecule has 19 heteroatoms. The number of aliphatic hydroxyl groups excluding tert-OH is 7. The van der Waals surface area contributed by atoms with Crippen LogP contribution >= 0.6 is 7.82 Å². The van der Waals surface area contributed by atoms with Crippen LogP contribution in [0.15, 0.2) is 0 Å². The van der Waals surface area contributed by atoms with Crippen LogP contribution in [0.1, 0.15) is 12.8 Å². The molecule has 2 aliphatic heterocycles. The van der Waals surface area contributed by atoms with E-state index in [1.807, 2.05) is 0 Å². The molecular weight excluding hydrogens is 521 g/mol. The number of hydrogen-bond donors (Lipinski definition) is 10. The summed E-state index contributed by atoms with van der Waals surface area (Å²) in [6.07, 6.45) is -15.3. The molecular formula is C17H30NO17P. The van der Waals surface area contributed by atoms with E-state index in [1.165, 1.54) is 0 Å². The smallest absolute Gasteiger partial charge is 0.462 e. The molecule has 36 heavy (non-hydrogen) atoms. The summed E-state index contributed by atoms with van der Waals surface area (Å²) in [6.45, 7) is -2.64. The Hall–Kier alpha value is -1.35. The van der Waals surface area contributed by atoms with Crippen molar-refractivity contribution in [2.75, 3.05) is 19.8 Å². The number of nitrogens with two attached hydrogens (primary N) is 1. The third-order valence-electron chi connectivity index (χ3n) is 5.46. The number of carbonyl (C=O) groups excluding carboxylic acids is 2. The van der Waals surface area contributed by atoms with Gasteiger partial charge in [0.05, 0.1) is 6.61 Å². The van der Waals surface area contributed by atoms with Gasteiger partial charge in [0, 0.05) is 6.42 Å². The fourth-order valence-corrected chi connectivity index (χ4v) is 3.82. The molecule has 0 amide bonds. The Kier molecular flexibility index (Phi) is 10.7. The first-order chi connectivity index (χ1) is 16.7. The van der Waals surface area contributed by atoms with Crippen LogP contribution < -0.4 is 5.73 Å². The Morgan fingerprint density at radius 2 is 1.64 bits per heavy atom. The lowest BCUT2D eigenvalue weighted by atomic mass is 9.99. The van der Waals surface area contributed by atoms with Gasteiger partial charge in [0.1, 0.15) is 62.0 Å². The zero-order valence-corrected chi connectivity index (χ0v) is 19.4.